The predicted molar refractivity (Wildman–Crippen MR) is 130 cm³/mol. The van der Waals surface area contributed by atoms with Gasteiger partial charge >= 0.3 is 0 Å². The Morgan fingerprint density at radius 2 is 1.76 bits per heavy atom. The van der Waals surface area contributed by atoms with Crippen LogP contribution in [0.5, 0.6) is 11.5 Å². The van der Waals surface area contributed by atoms with Crippen molar-refractivity contribution in [3.8, 4) is 22.6 Å². The Bertz CT molecular complexity index is 996. The molecule has 2 heterocycles. The van der Waals surface area contributed by atoms with Crippen molar-refractivity contribution in [3.05, 3.63) is 47.5 Å². The lowest BCUT2D eigenvalue weighted by molar-refractivity contribution is -0.135. The smallest absolute Gasteiger partial charge is 0.236 e. The Kier molecular flexibility index (Phi) is 6.56. The zero-order chi connectivity index (χ0) is 22.8. The van der Waals surface area contributed by atoms with Crippen LogP contribution in [0.15, 0.2) is 36.4 Å². The molecule has 6 heteroatoms. The first-order valence-corrected chi connectivity index (χ1v) is 12.2. The lowest BCUT2D eigenvalue weighted by atomic mass is 9.91. The van der Waals surface area contributed by atoms with Gasteiger partial charge < -0.3 is 14.4 Å². The van der Waals surface area contributed by atoms with Crippen LogP contribution in [-0.2, 0) is 17.8 Å². The van der Waals surface area contributed by atoms with Crippen LogP contribution >= 0.6 is 0 Å². The molecule has 1 aliphatic carbocycles. The summed E-state index contributed by atoms with van der Waals surface area (Å²) in [6, 6.07) is 13.3. The summed E-state index contributed by atoms with van der Waals surface area (Å²) in [5.74, 6) is 1.95. The Morgan fingerprint density at radius 3 is 2.45 bits per heavy atom. The number of fused-ring (bicyclic) bond motifs is 1. The first-order valence-electron chi connectivity index (χ1n) is 12.2. The zero-order valence-electron chi connectivity index (χ0n) is 19.9. The maximum absolute atomic E-state index is 12.9. The Hall–Kier alpha value is -2.57. The molecule has 176 valence electrons. The molecule has 0 atom stereocenters. The molecule has 1 saturated carbocycles. The van der Waals surface area contributed by atoms with E-state index in [2.05, 4.69) is 32.9 Å². The molecule has 2 fully saturated rings. The fourth-order valence-corrected chi connectivity index (χ4v) is 5.33. The highest BCUT2D eigenvalue weighted by molar-refractivity contribution is 5.78. The van der Waals surface area contributed by atoms with Crippen LogP contribution in [0.4, 0.5) is 0 Å². The lowest BCUT2D eigenvalue weighted by Crippen LogP contribution is -2.55. The van der Waals surface area contributed by atoms with Gasteiger partial charge in [0.25, 0.3) is 0 Å². The average molecular weight is 450 g/mol. The van der Waals surface area contributed by atoms with Crippen LogP contribution < -0.4 is 9.47 Å². The van der Waals surface area contributed by atoms with Crippen molar-refractivity contribution in [2.75, 3.05) is 53.5 Å². The van der Waals surface area contributed by atoms with Gasteiger partial charge in [-0.1, -0.05) is 24.6 Å². The van der Waals surface area contributed by atoms with Crippen molar-refractivity contribution >= 4 is 5.91 Å². The number of methoxy groups -OCH3 is 2. The van der Waals surface area contributed by atoms with Crippen LogP contribution in [-0.4, -0.2) is 80.1 Å². The first-order chi connectivity index (χ1) is 16.1. The molecule has 0 radical (unpaired) electrons. The number of benzene rings is 2. The van der Waals surface area contributed by atoms with E-state index in [0.29, 0.717) is 6.54 Å². The largest absolute Gasteiger partial charge is 0.497 e. The van der Waals surface area contributed by atoms with E-state index in [0.717, 1.165) is 74.4 Å². The zero-order valence-corrected chi connectivity index (χ0v) is 19.9. The van der Waals surface area contributed by atoms with Crippen molar-refractivity contribution in [1.82, 2.24) is 14.7 Å². The van der Waals surface area contributed by atoms with Gasteiger partial charge in [0.1, 0.15) is 11.5 Å². The van der Waals surface area contributed by atoms with Crippen molar-refractivity contribution in [3.63, 3.8) is 0 Å². The maximum Gasteiger partial charge on any atom is 0.236 e. The summed E-state index contributed by atoms with van der Waals surface area (Å²) in [6.45, 7) is 6.11. The normalized spacial score (nSPS) is 19.6. The van der Waals surface area contributed by atoms with Crippen LogP contribution in [0.25, 0.3) is 11.1 Å². The predicted octanol–water partition coefficient (Wildman–Crippen LogP) is 3.43. The second kappa shape index (κ2) is 9.74. The fourth-order valence-electron chi connectivity index (χ4n) is 5.33. The van der Waals surface area contributed by atoms with Gasteiger partial charge in [-0.05, 0) is 54.2 Å². The third-order valence-corrected chi connectivity index (χ3v) is 7.63. The van der Waals surface area contributed by atoms with Gasteiger partial charge in [0.2, 0.25) is 5.91 Å². The topological polar surface area (TPSA) is 45.3 Å². The number of hydrogen-bond acceptors (Lipinski definition) is 5. The first kappa shape index (κ1) is 22.2. The van der Waals surface area contributed by atoms with Crippen molar-refractivity contribution in [2.45, 2.75) is 38.3 Å². The van der Waals surface area contributed by atoms with E-state index in [1.165, 1.54) is 30.4 Å². The molecule has 6 nitrogen and oxygen atoms in total. The number of piperazine rings is 1. The van der Waals surface area contributed by atoms with Gasteiger partial charge in [0.15, 0.2) is 0 Å². The van der Waals surface area contributed by atoms with E-state index in [-0.39, 0.29) is 5.91 Å². The van der Waals surface area contributed by atoms with Gasteiger partial charge in [-0.25, -0.2) is 0 Å². The minimum atomic E-state index is 0.282. The second-order valence-electron chi connectivity index (χ2n) is 9.51. The molecular weight excluding hydrogens is 414 g/mol. The Morgan fingerprint density at radius 1 is 0.939 bits per heavy atom. The molecule has 0 aromatic heterocycles. The lowest BCUT2D eigenvalue weighted by Gasteiger charge is -2.43. The highest BCUT2D eigenvalue weighted by Gasteiger charge is 2.30. The minimum absolute atomic E-state index is 0.282. The third-order valence-electron chi connectivity index (χ3n) is 7.63. The van der Waals surface area contributed by atoms with E-state index < -0.39 is 0 Å². The molecule has 1 amide bonds. The molecular formula is C27H35N3O3. The highest BCUT2D eigenvalue weighted by atomic mass is 16.5. The minimum Gasteiger partial charge on any atom is -0.497 e. The quantitative estimate of drug-likeness (QED) is 0.676. The van der Waals surface area contributed by atoms with E-state index >= 15 is 0 Å². The number of amides is 1. The molecule has 0 spiro atoms. The SMILES string of the molecule is COc1ccc(OC)c(-c2ccc3c(c2)CCN(CC(=O)N2CCN(C4CCC4)CC2)C3)c1. The number of hydrogen-bond donors (Lipinski definition) is 0. The number of rotatable bonds is 6. The second-order valence-corrected chi connectivity index (χ2v) is 9.51. The Labute approximate surface area is 197 Å². The summed E-state index contributed by atoms with van der Waals surface area (Å²) in [7, 11) is 3.38. The summed E-state index contributed by atoms with van der Waals surface area (Å²) in [6.07, 6.45) is 5.01. The number of nitrogens with zero attached hydrogens (tertiary/aromatic N) is 3. The molecule has 0 bridgehead atoms. The molecule has 2 aromatic rings. The van der Waals surface area contributed by atoms with Gasteiger partial charge in [0, 0.05) is 50.9 Å². The van der Waals surface area contributed by atoms with E-state index in [1.54, 1.807) is 14.2 Å². The monoisotopic (exact) mass is 449 g/mol. The van der Waals surface area contributed by atoms with Gasteiger partial charge in [0.05, 0.1) is 20.8 Å². The summed E-state index contributed by atoms with van der Waals surface area (Å²) in [5, 5.41) is 0. The molecule has 0 N–H and O–H groups in total. The van der Waals surface area contributed by atoms with Gasteiger partial charge in [-0.3, -0.25) is 14.6 Å². The summed E-state index contributed by atoms with van der Waals surface area (Å²) in [4.78, 5) is 19.9. The highest BCUT2D eigenvalue weighted by Crippen LogP contribution is 2.35. The van der Waals surface area contributed by atoms with Crippen LogP contribution in [0, 0.1) is 0 Å². The molecule has 3 aliphatic rings. The number of carbonyl (C=O) groups excluding carboxylic acids is 1. The molecule has 2 aliphatic heterocycles. The molecule has 2 aromatic carbocycles. The maximum atomic E-state index is 12.9. The van der Waals surface area contributed by atoms with Crippen molar-refractivity contribution in [1.29, 1.82) is 0 Å². The van der Waals surface area contributed by atoms with Gasteiger partial charge in [-0.15, -0.1) is 0 Å². The molecule has 0 unspecified atom stereocenters. The van der Waals surface area contributed by atoms with E-state index in [4.69, 9.17) is 9.47 Å². The summed E-state index contributed by atoms with van der Waals surface area (Å²) >= 11 is 0. The van der Waals surface area contributed by atoms with Crippen LogP contribution in [0.1, 0.15) is 30.4 Å². The fraction of sp³-hybridized carbons (Fsp3) is 0.519. The van der Waals surface area contributed by atoms with Crippen molar-refractivity contribution < 1.29 is 14.3 Å². The third kappa shape index (κ3) is 4.73. The standard InChI is InChI=1S/C27H35N3O3/c1-32-24-8-9-26(33-2)25(17-24)21-6-7-22-18-28(11-10-20(22)16-21)19-27(31)30-14-12-29(13-15-30)23-4-3-5-23/h6-9,16-17,23H,3-5,10-15,18-19H2,1-2H3. The Balaban J connectivity index is 1.21. The number of carbonyl (C=O) groups is 1. The molecule has 5 rings (SSSR count). The van der Waals surface area contributed by atoms with Crippen LogP contribution in [0.2, 0.25) is 0 Å². The summed E-state index contributed by atoms with van der Waals surface area (Å²) in [5.41, 5.74) is 4.85. The van der Waals surface area contributed by atoms with E-state index in [9.17, 15) is 4.79 Å². The average Bonchev–Trinajstić information content (AvgIpc) is 2.82. The summed E-state index contributed by atoms with van der Waals surface area (Å²) < 4.78 is 11.0. The molecule has 33 heavy (non-hydrogen) atoms. The van der Waals surface area contributed by atoms with Crippen LogP contribution in [0.3, 0.4) is 0 Å². The van der Waals surface area contributed by atoms with Crippen molar-refractivity contribution in [2.24, 2.45) is 0 Å². The number of ether oxygens (including phenoxy) is 2. The molecule has 1 saturated heterocycles. The van der Waals surface area contributed by atoms with E-state index in [1.807, 2.05) is 18.2 Å². The van der Waals surface area contributed by atoms with Gasteiger partial charge in [-0.2, -0.15) is 0 Å².